The molecule has 0 saturated carbocycles. The van der Waals surface area contributed by atoms with Crippen molar-refractivity contribution >= 4 is 15.9 Å². The molecule has 2 N–H and O–H groups in total. The van der Waals surface area contributed by atoms with Crippen LogP contribution in [0.15, 0.2) is 82.3 Å². The molecule has 146 valence electrons. The fourth-order valence-corrected chi connectivity index (χ4v) is 3.83. The van der Waals surface area contributed by atoms with Crippen LogP contribution in [-0.4, -0.2) is 20.9 Å². The summed E-state index contributed by atoms with van der Waals surface area (Å²) in [6.07, 6.45) is 3.00. The van der Waals surface area contributed by atoms with Gasteiger partial charge in [0, 0.05) is 12.1 Å². The number of hydrogen-bond acceptors (Lipinski definition) is 4. The number of carbonyl (C=O) groups is 1. The molecular weight excluding hydrogens is 376 g/mol. The first-order chi connectivity index (χ1) is 13.5. The van der Waals surface area contributed by atoms with Gasteiger partial charge in [-0.1, -0.05) is 36.4 Å². The number of hydrogen-bond donors (Lipinski definition) is 2. The van der Waals surface area contributed by atoms with Crippen LogP contribution in [0.1, 0.15) is 28.1 Å². The van der Waals surface area contributed by atoms with Crippen LogP contribution < -0.4 is 10.0 Å². The number of benzene rings is 2. The lowest BCUT2D eigenvalue weighted by Crippen LogP contribution is -2.26. The summed E-state index contributed by atoms with van der Waals surface area (Å²) in [5, 5.41) is 2.70. The predicted molar refractivity (Wildman–Crippen MR) is 106 cm³/mol. The summed E-state index contributed by atoms with van der Waals surface area (Å²) in [5.41, 5.74) is 1.44. The van der Waals surface area contributed by atoms with Crippen molar-refractivity contribution < 1.29 is 17.6 Å². The first kappa shape index (κ1) is 19.9. The number of amides is 1. The molecule has 0 radical (unpaired) electrons. The fraction of sp³-hybridized carbons (Fsp3) is 0.190. The minimum absolute atomic E-state index is 0.0675. The molecule has 0 saturated heterocycles. The summed E-state index contributed by atoms with van der Waals surface area (Å²) in [6, 6.07) is 19.4. The van der Waals surface area contributed by atoms with Crippen molar-refractivity contribution in [1.29, 1.82) is 0 Å². The van der Waals surface area contributed by atoms with E-state index in [0.29, 0.717) is 18.7 Å². The lowest BCUT2D eigenvalue weighted by atomic mass is 10.1. The van der Waals surface area contributed by atoms with Crippen molar-refractivity contribution in [3.05, 3.63) is 89.9 Å². The van der Waals surface area contributed by atoms with Crippen molar-refractivity contribution in [2.24, 2.45) is 0 Å². The molecule has 3 aromatic rings. The minimum Gasteiger partial charge on any atom is -0.467 e. The van der Waals surface area contributed by atoms with Gasteiger partial charge in [-0.05, 0) is 48.7 Å². The summed E-state index contributed by atoms with van der Waals surface area (Å²) in [4.78, 5) is 12.3. The maximum absolute atomic E-state index is 12.5. The second-order valence-corrected chi connectivity index (χ2v) is 8.04. The number of rotatable bonds is 9. The van der Waals surface area contributed by atoms with Crippen LogP contribution >= 0.6 is 0 Å². The monoisotopic (exact) mass is 398 g/mol. The van der Waals surface area contributed by atoms with Crippen molar-refractivity contribution in [2.45, 2.75) is 24.3 Å². The molecule has 0 unspecified atom stereocenters. The SMILES string of the molecule is O=C(NCc1ccco1)c1cccc(S(=O)(=O)NCCCc2ccccc2)c1. The Kier molecular flexibility index (Phi) is 6.62. The molecule has 6 nitrogen and oxygen atoms in total. The van der Waals surface area contributed by atoms with Crippen LogP contribution in [0.3, 0.4) is 0 Å². The molecule has 0 bridgehead atoms. The number of furan rings is 1. The van der Waals surface area contributed by atoms with E-state index in [-0.39, 0.29) is 22.9 Å². The molecule has 1 amide bonds. The van der Waals surface area contributed by atoms with Gasteiger partial charge >= 0.3 is 0 Å². The molecule has 0 aliphatic carbocycles. The van der Waals surface area contributed by atoms with E-state index in [1.54, 1.807) is 24.3 Å². The normalized spacial score (nSPS) is 11.3. The van der Waals surface area contributed by atoms with Crippen molar-refractivity contribution in [2.75, 3.05) is 6.54 Å². The fourth-order valence-electron chi connectivity index (χ4n) is 2.71. The maximum Gasteiger partial charge on any atom is 0.251 e. The van der Waals surface area contributed by atoms with E-state index in [1.807, 2.05) is 30.3 Å². The van der Waals surface area contributed by atoms with Crippen LogP contribution in [0.25, 0.3) is 0 Å². The Bertz CT molecular complexity index is 1000. The van der Waals surface area contributed by atoms with Crippen LogP contribution in [-0.2, 0) is 23.0 Å². The Labute approximate surface area is 164 Å². The Morgan fingerprint density at radius 3 is 2.54 bits per heavy atom. The highest BCUT2D eigenvalue weighted by Gasteiger charge is 2.16. The Hall–Kier alpha value is -2.90. The highest BCUT2D eigenvalue weighted by atomic mass is 32.2. The van der Waals surface area contributed by atoms with Crippen LogP contribution in [0.2, 0.25) is 0 Å². The van der Waals surface area contributed by atoms with Gasteiger partial charge in [0.05, 0.1) is 17.7 Å². The summed E-state index contributed by atoms with van der Waals surface area (Å²) >= 11 is 0. The van der Waals surface area contributed by atoms with E-state index >= 15 is 0 Å². The highest BCUT2D eigenvalue weighted by Crippen LogP contribution is 2.12. The summed E-state index contributed by atoms with van der Waals surface area (Å²) in [6.45, 7) is 0.562. The molecule has 2 aromatic carbocycles. The molecule has 7 heteroatoms. The van der Waals surface area contributed by atoms with E-state index in [2.05, 4.69) is 10.0 Å². The first-order valence-electron chi connectivity index (χ1n) is 8.99. The number of carbonyl (C=O) groups excluding carboxylic acids is 1. The van der Waals surface area contributed by atoms with Gasteiger partial charge in [-0.25, -0.2) is 13.1 Å². The van der Waals surface area contributed by atoms with Gasteiger partial charge in [0.2, 0.25) is 10.0 Å². The smallest absolute Gasteiger partial charge is 0.251 e. The zero-order valence-electron chi connectivity index (χ0n) is 15.3. The number of aryl methyl sites for hydroxylation is 1. The quantitative estimate of drug-likeness (QED) is 0.542. The van der Waals surface area contributed by atoms with Gasteiger partial charge in [0.1, 0.15) is 5.76 Å². The lowest BCUT2D eigenvalue weighted by Gasteiger charge is -2.09. The third kappa shape index (κ3) is 5.55. The van der Waals surface area contributed by atoms with E-state index in [4.69, 9.17) is 4.42 Å². The topological polar surface area (TPSA) is 88.4 Å². The molecule has 0 aliphatic heterocycles. The highest BCUT2D eigenvalue weighted by molar-refractivity contribution is 7.89. The molecule has 0 fully saturated rings. The molecule has 0 spiro atoms. The summed E-state index contributed by atoms with van der Waals surface area (Å²) in [7, 11) is -3.68. The van der Waals surface area contributed by atoms with E-state index in [1.165, 1.54) is 18.4 Å². The average Bonchev–Trinajstić information content (AvgIpc) is 3.24. The van der Waals surface area contributed by atoms with Gasteiger partial charge in [-0.2, -0.15) is 0 Å². The Morgan fingerprint density at radius 1 is 0.964 bits per heavy atom. The van der Waals surface area contributed by atoms with Crippen LogP contribution in [0, 0.1) is 0 Å². The molecule has 3 rings (SSSR count). The second kappa shape index (κ2) is 9.34. The minimum atomic E-state index is -3.68. The third-order valence-electron chi connectivity index (χ3n) is 4.19. The van der Waals surface area contributed by atoms with Gasteiger partial charge in [-0.15, -0.1) is 0 Å². The predicted octanol–water partition coefficient (Wildman–Crippen LogP) is 3.12. The largest absolute Gasteiger partial charge is 0.467 e. The Morgan fingerprint density at radius 2 is 1.79 bits per heavy atom. The molecular formula is C21H22N2O4S. The molecule has 28 heavy (non-hydrogen) atoms. The van der Waals surface area contributed by atoms with Crippen molar-refractivity contribution in [3.8, 4) is 0 Å². The first-order valence-corrected chi connectivity index (χ1v) is 10.5. The maximum atomic E-state index is 12.5. The van der Waals surface area contributed by atoms with Gasteiger partial charge in [0.25, 0.3) is 5.91 Å². The van der Waals surface area contributed by atoms with E-state index in [9.17, 15) is 13.2 Å². The zero-order chi connectivity index (χ0) is 19.8. The van der Waals surface area contributed by atoms with Gasteiger partial charge in [-0.3, -0.25) is 4.79 Å². The summed E-state index contributed by atoms with van der Waals surface area (Å²) in [5.74, 6) is 0.259. The molecule has 1 aromatic heterocycles. The van der Waals surface area contributed by atoms with Gasteiger partial charge < -0.3 is 9.73 Å². The summed E-state index contributed by atoms with van der Waals surface area (Å²) < 4.78 is 32.8. The number of sulfonamides is 1. The van der Waals surface area contributed by atoms with Crippen molar-refractivity contribution in [1.82, 2.24) is 10.0 Å². The van der Waals surface area contributed by atoms with E-state index < -0.39 is 10.0 Å². The lowest BCUT2D eigenvalue weighted by molar-refractivity contribution is 0.0948. The Balaban J connectivity index is 1.55. The van der Waals surface area contributed by atoms with Crippen LogP contribution in [0.4, 0.5) is 0 Å². The van der Waals surface area contributed by atoms with Gasteiger partial charge in [0.15, 0.2) is 0 Å². The second-order valence-electron chi connectivity index (χ2n) is 6.28. The molecule has 0 atom stereocenters. The standard InChI is InChI=1S/C21H22N2O4S/c24-21(22-16-19-11-6-14-27-19)18-10-4-12-20(15-18)28(25,26)23-13-5-9-17-7-2-1-3-8-17/h1-4,6-8,10-12,14-15,23H,5,9,13,16H2,(H,22,24). The average molecular weight is 398 g/mol. The third-order valence-corrected chi connectivity index (χ3v) is 5.65. The van der Waals surface area contributed by atoms with Crippen molar-refractivity contribution in [3.63, 3.8) is 0 Å². The number of nitrogens with one attached hydrogen (secondary N) is 2. The zero-order valence-corrected chi connectivity index (χ0v) is 16.1. The van der Waals surface area contributed by atoms with Crippen LogP contribution in [0.5, 0.6) is 0 Å². The molecule has 1 heterocycles. The van der Waals surface area contributed by atoms with E-state index in [0.717, 1.165) is 12.0 Å². The molecule has 0 aliphatic rings.